The zero-order valence-electron chi connectivity index (χ0n) is 19.1. The number of nitrogens with one attached hydrogen (secondary N) is 1. The first-order chi connectivity index (χ1) is 14.8. The predicted molar refractivity (Wildman–Crippen MR) is 120 cm³/mol. The lowest BCUT2D eigenvalue weighted by molar-refractivity contribution is -0.167. The van der Waals surface area contributed by atoms with E-state index in [1.54, 1.807) is 17.0 Å². The molecule has 1 aliphatic rings. The number of nitrogens with zero attached hydrogens (tertiary/aromatic N) is 1. The van der Waals surface area contributed by atoms with Gasteiger partial charge in [-0.25, -0.2) is 0 Å². The Kier molecular flexibility index (Phi) is 6.15. The Morgan fingerprint density at radius 1 is 1.06 bits per heavy atom. The molecule has 0 radical (unpaired) electrons. The van der Waals surface area contributed by atoms with Crippen molar-refractivity contribution >= 4 is 23.2 Å². The maximum atomic E-state index is 13.1. The van der Waals surface area contributed by atoms with Crippen LogP contribution in [0.3, 0.4) is 0 Å². The number of carbonyl (C=O) groups excluding carboxylic acids is 2. The van der Waals surface area contributed by atoms with Gasteiger partial charge in [0.2, 0.25) is 5.91 Å². The van der Waals surface area contributed by atoms with Crippen molar-refractivity contribution in [3.63, 3.8) is 0 Å². The average Bonchev–Trinajstić information content (AvgIpc) is 2.67. The number of rotatable bonds is 4. The largest absolute Gasteiger partial charge is 0.471 e. The molecule has 172 valence electrons. The summed E-state index contributed by atoms with van der Waals surface area (Å²) in [5.41, 5.74) is 2.42. The Morgan fingerprint density at radius 3 is 2.25 bits per heavy atom. The van der Waals surface area contributed by atoms with E-state index >= 15 is 0 Å². The van der Waals surface area contributed by atoms with Crippen LogP contribution in [0.5, 0.6) is 0 Å². The van der Waals surface area contributed by atoms with Crippen molar-refractivity contribution in [3.05, 3.63) is 59.2 Å². The lowest BCUT2D eigenvalue weighted by atomic mass is 9.65. The first-order valence-corrected chi connectivity index (χ1v) is 10.7. The minimum absolute atomic E-state index is 0.0308. The number of alkyl halides is 3. The van der Waals surface area contributed by atoms with Crippen LogP contribution in [0.4, 0.5) is 24.5 Å². The lowest BCUT2D eigenvalue weighted by Gasteiger charge is -2.51. The second-order valence-corrected chi connectivity index (χ2v) is 9.35. The van der Waals surface area contributed by atoms with Crippen LogP contribution >= 0.6 is 0 Å². The molecule has 32 heavy (non-hydrogen) atoms. The minimum atomic E-state index is -4.98. The van der Waals surface area contributed by atoms with E-state index in [-0.39, 0.29) is 11.6 Å². The van der Waals surface area contributed by atoms with Crippen LogP contribution in [0.15, 0.2) is 42.5 Å². The fraction of sp³-hybridized carbons (Fsp3) is 0.440. The van der Waals surface area contributed by atoms with E-state index in [9.17, 15) is 22.8 Å². The van der Waals surface area contributed by atoms with Gasteiger partial charge in [-0.15, -0.1) is 0 Å². The Balaban J connectivity index is 2.20. The molecule has 2 amide bonds. The van der Waals surface area contributed by atoms with Gasteiger partial charge in [0.25, 0.3) is 0 Å². The van der Waals surface area contributed by atoms with Crippen molar-refractivity contribution < 1.29 is 22.8 Å². The fourth-order valence-electron chi connectivity index (χ4n) is 4.79. The summed E-state index contributed by atoms with van der Waals surface area (Å²) in [5, 5.41) is 1.95. The molecule has 1 heterocycles. The number of anilines is 2. The van der Waals surface area contributed by atoms with Crippen LogP contribution in [0.2, 0.25) is 0 Å². The SMILES string of the molecule is CCCC(=O)N1c2ccc(NC(=O)C(F)(F)F)cc2C(C)(c2ccc(C)cc2)CC1(C)C. The summed E-state index contributed by atoms with van der Waals surface area (Å²) in [4.78, 5) is 26.4. The maximum Gasteiger partial charge on any atom is 0.471 e. The Hall–Kier alpha value is -2.83. The van der Waals surface area contributed by atoms with Gasteiger partial charge in [0.05, 0.1) is 0 Å². The molecule has 0 aliphatic carbocycles. The van der Waals surface area contributed by atoms with E-state index in [0.717, 1.165) is 11.1 Å². The zero-order chi connectivity index (χ0) is 23.9. The van der Waals surface area contributed by atoms with E-state index < -0.39 is 23.0 Å². The summed E-state index contributed by atoms with van der Waals surface area (Å²) in [7, 11) is 0. The number of fused-ring (bicyclic) bond motifs is 1. The van der Waals surface area contributed by atoms with Gasteiger partial charge >= 0.3 is 12.1 Å². The molecule has 2 aromatic carbocycles. The Labute approximate surface area is 186 Å². The molecule has 0 fully saturated rings. The fourth-order valence-corrected chi connectivity index (χ4v) is 4.79. The second kappa shape index (κ2) is 8.26. The van der Waals surface area contributed by atoms with Crippen LogP contribution in [0, 0.1) is 6.92 Å². The summed E-state index contributed by atoms with van der Waals surface area (Å²) >= 11 is 0. The van der Waals surface area contributed by atoms with Gasteiger partial charge in [-0.2, -0.15) is 13.2 Å². The number of carbonyl (C=O) groups is 2. The van der Waals surface area contributed by atoms with Gasteiger partial charge in [-0.05, 0) is 62.9 Å². The van der Waals surface area contributed by atoms with E-state index in [1.165, 1.54) is 6.07 Å². The van der Waals surface area contributed by atoms with Crippen LogP contribution in [-0.2, 0) is 15.0 Å². The standard InChI is InChI=1S/C25H29F3N2O2/c1-6-7-21(31)30-20-13-12-18(29-22(32)25(26,27)28)14-19(20)24(5,15-23(30,3)4)17-10-8-16(2)9-11-17/h8-14H,6-7,15H2,1-5H3,(H,29,32). The van der Waals surface area contributed by atoms with E-state index in [2.05, 4.69) is 0 Å². The smallest absolute Gasteiger partial charge is 0.318 e. The average molecular weight is 447 g/mol. The molecule has 4 nitrogen and oxygen atoms in total. The molecule has 1 atom stereocenters. The van der Waals surface area contributed by atoms with Crippen molar-refractivity contribution in [1.29, 1.82) is 0 Å². The summed E-state index contributed by atoms with van der Waals surface area (Å²) in [6.45, 7) is 9.97. The van der Waals surface area contributed by atoms with Crippen molar-refractivity contribution in [3.8, 4) is 0 Å². The highest BCUT2D eigenvalue weighted by molar-refractivity contribution is 5.98. The van der Waals surface area contributed by atoms with Crippen molar-refractivity contribution in [2.75, 3.05) is 10.2 Å². The molecule has 0 saturated carbocycles. The molecule has 3 rings (SSSR count). The van der Waals surface area contributed by atoms with Crippen LogP contribution in [0.1, 0.15) is 63.6 Å². The van der Waals surface area contributed by atoms with Crippen molar-refractivity contribution in [2.24, 2.45) is 0 Å². The molecular weight excluding hydrogens is 417 g/mol. The first-order valence-electron chi connectivity index (χ1n) is 10.7. The molecule has 7 heteroatoms. The van der Waals surface area contributed by atoms with Crippen LogP contribution < -0.4 is 10.2 Å². The summed E-state index contributed by atoms with van der Waals surface area (Å²) in [5.74, 6) is -2.05. The molecular formula is C25H29F3N2O2. The van der Waals surface area contributed by atoms with Gasteiger partial charge in [-0.1, -0.05) is 43.7 Å². The molecule has 1 unspecified atom stereocenters. The van der Waals surface area contributed by atoms with E-state index in [0.29, 0.717) is 30.5 Å². The molecule has 1 N–H and O–H groups in total. The molecule has 0 bridgehead atoms. The third-order valence-electron chi connectivity index (χ3n) is 6.14. The maximum absolute atomic E-state index is 13.1. The topological polar surface area (TPSA) is 49.4 Å². The number of hydrogen-bond acceptors (Lipinski definition) is 2. The highest BCUT2D eigenvalue weighted by Gasteiger charge is 2.48. The summed E-state index contributed by atoms with van der Waals surface area (Å²) in [6.07, 6.45) is -3.35. The minimum Gasteiger partial charge on any atom is -0.318 e. The number of halogens is 3. The molecule has 0 aromatic heterocycles. The Bertz CT molecular complexity index is 1030. The predicted octanol–water partition coefficient (Wildman–Crippen LogP) is 6.12. The highest BCUT2D eigenvalue weighted by Crippen LogP contribution is 2.51. The number of amides is 2. The van der Waals surface area contributed by atoms with Gasteiger partial charge in [-0.3, -0.25) is 9.59 Å². The Morgan fingerprint density at radius 2 is 1.69 bits per heavy atom. The third-order valence-corrected chi connectivity index (χ3v) is 6.14. The quantitative estimate of drug-likeness (QED) is 0.615. The van der Waals surface area contributed by atoms with Gasteiger partial charge in [0, 0.05) is 28.7 Å². The van der Waals surface area contributed by atoms with Gasteiger partial charge < -0.3 is 10.2 Å². The summed E-state index contributed by atoms with van der Waals surface area (Å²) in [6, 6.07) is 12.7. The van der Waals surface area contributed by atoms with Crippen LogP contribution in [0.25, 0.3) is 0 Å². The summed E-state index contributed by atoms with van der Waals surface area (Å²) < 4.78 is 38.5. The lowest BCUT2D eigenvalue weighted by Crippen LogP contribution is -2.55. The van der Waals surface area contributed by atoms with Gasteiger partial charge in [0.1, 0.15) is 0 Å². The van der Waals surface area contributed by atoms with Crippen molar-refractivity contribution in [2.45, 2.75) is 71.0 Å². The van der Waals surface area contributed by atoms with E-state index in [4.69, 9.17) is 0 Å². The van der Waals surface area contributed by atoms with Crippen LogP contribution in [-0.4, -0.2) is 23.5 Å². The van der Waals surface area contributed by atoms with Gasteiger partial charge in [0.15, 0.2) is 0 Å². The highest BCUT2D eigenvalue weighted by atomic mass is 19.4. The van der Waals surface area contributed by atoms with Crippen molar-refractivity contribution in [1.82, 2.24) is 0 Å². The molecule has 1 aliphatic heterocycles. The van der Waals surface area contributed by atoms with E-state index in [1.807, 2.05) is 64.2 Å². The third kappa shape index (κ3) is 4.38. The molecule has 2 aromatic rings. The molecule has 0 saturated heterocycles. The number of benzene rings is 2. The normalized spacial score (nSPS) is 19.9. The zero-order valence-corrected chi connectivity index (χ0v) is 19.1. The second-order valence-electron chi connectivity index (χ2n) is 9.35. The molecule has 0 spiro atoms. The number of aryl methyl sites for hydroxylation is 1. The number of hydrogen-bond donors (Lipinski definition) is 1. The first kappa shape index (κ1) is 23.8. The monoisotopic (exact) mass is 446 g/mol.